The number of anilines is 4. The summed E-state index contributed by atoms with van der Waals surface area (Å²) in [5.74, 6) is 0.825. The third-order valence-electron chi connectivity index (χ3n) is 13.2. The highest BCUT2D eigenvalue weighted by molar-refractivity contribution is 9.10. The predicted octanol–water partition coefficient (Wildman–Crippen LogP) is 15.9. The van der Waals surface area contributed by atoms with Gasteiger partial charge in [0.15, 0.2) is 31.2 Å². The van der Waals surface area contributed by atoms with Crippen LogP contribution in [-0.2, 0) is 29.3 Å². The van der Waals surface area contributed by atoms with Gasteiger partial charge in [0, 0.05) is 68.5 Å². The lowest BCUT2D eigenvalue weighted by Crippen LogP contribution is -2.38. The second kappa shape index (κ2) is 27.3. The number of fused-ring (bicyclic) bond motifs is 2. The summed E-state index contributed by atoms with van der Waals surface area (Å²) in [6.07, 6.45) is 20.7. The first kappa shape index (κ1) is 59.3. The lowest BCUT2D eigenvalue weighted by molar-refractivity contribution is -0.113. The molecule has 0 N–H and O–H groups in total. The molecule has 0 amide bonds. The van der Waals surface area contributed by atoms with Crippen LogP contribution in [0.2, 0.25) is 0 Å². The molecule has 10 nitrogen and oxygen atoms in total. The molecule has 0 radical (unpaired) electrons. The SMILES string of the molecule is CCCCC1(CCCC)CN(c2ccc(Br)cc2)c2cc(SC)c(O/C=C/C(C)=O)cc2S(=O)(=O)C1.CCCCC1(CCCC)CN(c2ccc(Br)cc2)c2cc(SC)c(O/C=C\C(C)=O)cc2S(=O)(=O)C1. The lowest BCUT2D eigenvalue weighted by atomic mass is 9.79. The number of carbonyl (C=O) groups excluding carboxylic acids is 2. The van der Waals surface area contributed by atoms with E-state index in [1.807, 2.05) is 73.2 Å². The average molecular weight is 1190 g/mol. The predicted molar refractivity (Wildman–Crippen MR) is 307 cm³/mol. The van der Waals surface area contributed by atoms with Gasteiger partial charge in [-0.15, -0.1) is 23.5 Å². The van der Waals surface area contributed by atoms with Crippen LogP contribution in [0.1, 0.15) is 119 Å². The molecule has 0 saturated carbocycles. The van der Waals surface area contributed by atoms with Crippen molar-refractivity contribution in [1.29, 1.82) is 0 Å². The van der Waals surface area contributed by atoms with Gasteiger partial charge >= 0.3 is 0 Å². The Kier molecular flexibility index (Phi) is 22.5. The number of ether oxygens (including phenoxy) is 2. The van der Waals surface area contributed by atoms with Gasteiger partial charge in [-0.3, -0.25) is 9.59 Å². The molecular formula is C56H72Br2N2O8S4. The van der Waals surface area contributed by atoms with Crippen molar-refractivity contribution >= 4 is 109 Å². The lowest BCUT2D eigenvalue weighted by Gasteiger charge is -2.37. The number of ketones is 2. The van der Waals surface area contributed by atoms with Crippen molar-refractivity contribution in [3.8, 4) is 11.5 Å². The topological polar surface area (TPSA) is 127 Å². The van der Waals surface area contributed by atoms with Crippen LogP contribution >= 0.6 is 55.4 Å². The number of hydrogen-bond acceptors (Lipinski definition) is 12. The number of nitrogens with zero attached hydrogens (tertiary/aromatic N) is 2. The van der Waals surface area contributed by atoms with Crippen molar-refractivity contribution < 1.29 is 35.9 Å². The Labute approximate surface area is 455 Å². The normalized spacial score (nSPS) is 16.5. The monoisotopic (exact) mass is 1190 g/mol. The number of benzene rings is 4. The van der Waals surface area contributed by atoms with Gasteiger partial charge in [0.25, 0.3) is 0 Å². The van der Waals surface area contributed by atoms with Gasteiger partial charge in [0.2, 0.25) is 0 Å². The molecule has 0 aliphatic carbocycles. The first-order valence-corrected chi connectivity index (χ1v) is 32.3. The Balaban J connectivity index is 0.000000267. The minimum atomic E-state index is -3.62. The van der Waals surface area contributed by atoms with E-state index in [0.29, 0.717) is 36.0 Å². The van der Waals surface area contributed by atoms with Crippen molar-refractivity contribution in [1.82, 2.24) is 0 Å². The van der Waals surface area contributed by atoms with E-state index < -0.39 is 19.7 Å². The summed E-state index contributed by atoms with van der Waals surface area (Å²) >= 11 is 10.0. The van der Waals surface area contributed by atoms with Gasteiger partial charge < -0.3 is 19.3 Å². The minimum absolute atomic E-state index is 0.112. The molecule has 2 aliphatic heterocycles. The molecule has 16 heteroatoms. The van der Waals surface area contributed by atoms with E-state index in [1.54, 1.807) is 12.1 Å². The fraction of sp³-hybridized carbons (Fsp3) is 0.464. The third kappa shape index (κ3) is 15.8. The first-order valence-electron chi connectivity index (χ1n) is 24.9. The number of thioether (sulfide) groups is 2. The highest BCUT2D eigenvalue weighted by Gasteiger charge is 2.44. The van der Waals surface area contributed by atoms with E-state index >= 15 is 0 Å². The number of sulfone groups is 2. The van der Waals surface area contributed by atoms with E-state index in [0.717, 1.165) is 107 Å². The summed E-state index contributed by atoms with van der Waals surface area (Å²) in [5, 5.41) is 0. The Morgan fingerprint density at radius 3 is 1.17 bits per heavy atom. The molecule has 0 aromatic heterocycles. The first-order chi connectivity index (χ1) is 34.3. The molecule has 72 heavy (non-hydrogen) atoms. The number of hydrogen-bond donors (Lipinski definition) is 0. The molecule has 4 aromatic carbocycles. The molecule has 2 heterocycles. The van der Waals surface area contributed by atoms with E-state index in [1.165, 1.54) is 62.0 Å². The Morgan fingerprint density at radius 1 is 0.569 bits per heavy atom. The van der Waals surface area contributed by atoms with Crippen LogP contribution in [0.5, 0.6) is 11.5 Å². The van der Waals surface area contributed by atoms with Gasteiger partial charge in [-0.2, -0.15) is 0 Å². The zero-order valence-corrected chi connectivity index (χ0v) is 49.5. The molecule has 0 unspecified atom stereocenters. The van der Waals surface area contributed by atoms with Crippen LogP contribution in [0.3, 0.4) is 0 Å². The van der Waals surface area contributed by atoms with Crippen molar-refractivity contribution in [3.05, 3.63) is 106 Å². The molecule has 0 atom stereocenters. The van der Waals surface area contributed by atoms with Crippen LogP contribution < -0.4 is 19.3 Å². The molecule has 0 spiro atoms. The molecule has 392 valence electrons. The Morgan fingerprint density at radius 2 is 0.889 bits per heavy atom. The van der Waals surface area contributed by atoms with E-state index in [2.05, 4.69) is 69.4 Å². The number of rotatable bonds is 22. The summed E-state index contributed by atoms with van der Waals surface area (Å²) < 4.78 is 69.6. The van der Waals surface area contributed by atoms with Crippen LogP contribution in [0.4, 0.5) is 22.7 Å². The Hall–Kier alpha value is -3.54. The van der Waals surface area contributed by atoms with Gasteiger partial charge in [-0.25, -0.2) is 16.8 Å². The maximum Gasteiger partial charge on any atom is 0.181 e. The number of allylic oxidation sites excluding steroid dienone is 2. The number of carbonyl (C=O) groups is 2. The quantitative estimate of drug-likeness (QED) is 0.0422. The van der Waals surface area contributed by atoms with Crippen LogP contribution in [0, 0.1) is 10.8 Å². The average Bonchev–Trinajstić information content (AvgIpc) is 3.50. The van der Waals surface area contributed by atoms with Crippen LogP contribution in [0.25, 0.3) is 0 Å². The molecule has 2 aliphatic rings. The second-order valence-electron chi connectivity index (χ2n) is 19.1. The molecule has 0 saturated heterocycles. The van der Waals surface area contributed by atoms with Gasteiger partial charge in [-0.05, 0) is 113 Å². The highest BCUT2D eigenvalue weighted by atomic mass is 79.9. The van der Waals surface area contributed by atoms with E-state index in [9.17, 15) is 26.4 Å². The number of halogens is 2. The third-order valence-corrected chi connectivity index (χ3v) is 19.8. The van der Waals surface area contributed by atoms with Gasteiger partial charge in [0.1, 0.15) is 11.5 Å². The van der Waals surface area contributed by atoms with Crippen LogP contribution in [-0.4, -0.2) is 65.5 Å². The Bertz CT molecular complexity index is 2560. The summed E-state index contributed by atoms with van der Waals surface area (Å²) in [7, 11) is -7.23. The smallest absolute Gasteiger partial charge is 0.181 e. The maximum atomic E-state index is 14.0. The summed E-state index contributed by atoms with van der Waals surface area (Å²) in [4.78, 5) is 29.3. The zero-order valence-electron chi connectivity index (χ0n) is 43.1. The van der Waals surface area contributed by atoms with Gasteiger partial charge in [0.05, 0.1) is 55.0 Å². The standard InChI is InChI=1S/2C28H36BrNO4S2/c2*1-5-7-14-28(15-8-6-2)19-30(23-11-9-22(29)10-12-23)24-17-26(35-4)25(34-16-13-21(3)31)18-27(24)36(32,33)20-28/h2*9-13,16-18H,5-8,14-15,19-20H2,1-4H3/b16-13+;16-13-. The van der Waals surface area contributed by atoms with Crippen molar-refractivity contribution in [2.24, 2.45) is 10.8 Å². The van der Waals surface area contributed by atoms with Crippen molar-refractivity contribution in [2.75, 3.05) is 46.9 Å². The zero-order chi connectivity index (χ0) is 52.7. The second-order valence-corrected chi connectivity index (χ2v) is 26.5. The van der Waals surface area contributed by atoms with E-state index in [4.69, 9.17) is 9.47 Å². The number of unbranched alkanes of at least 4 members (excludes halogenated alkanes) is 4. The van der Waals surface area contributed by atoms with Crippen LogP contribution in [0.15, 0.2) is 126 Å². The van der Waals surface area contributed by atoms with Gasteiger partial charge in [-0.1, -0.05) is 111 Å². The summed E-state index contributed by atoms with van der Waals surface area (Å²) in [6.45, 7) is 12.8. The largest absolute Gasteiger partial charge is 0.464 e. The fourth-order valence-electron chi connectivity index (χ4n) is 9.55. The molecule has 4 aromatic rings. The van der Waals surface area contributed by atoms with E-state index in [-0.39, 0.29) is 43.7 Å². The fourth-order valence-corrected chi connectivity index (χ4v) is 15.4. The molecule has 6 rings (SSSR count). The molecule has 0 fully saturated rings. The minimum Gasteiger partial charge on any atom is -0.464 e. The molecule has 0 bridgehead atoms. The van der Waals surface area contributed by atoms with Crippen molar-refractivity contribution in [2.45, 2.75) is 138 Å². The highest BCUT2D eigenvalue weighted by Crippen LogP contribution is 2.50. The summed E-state index contributed by atoms with van der Waals surface area (Å²) in [6, 6.07) is 23.3. The maximum absolute atomic E-state index is 14.0. The molecular weight excluding hydrogens is 1120 g/mol. The summed E-state index contributed by atoms with van der Waals surface area (Å²) in [5.41, 5.74) is 2.58. The van der Waals surface area contributed by atoms with Crippen molar-refractivity contribution in [3.63, 3.8) is 0 Å².